The molecule has 1 aromatic heterocycles. The highest BCUT2D eigenvalue weighted by Crippen LogP contribution is 2.19. The maximum absolute atomic E-state index is 12.6. The van der Waals surface area contributed by atoms with E-state index in [-0.39, 0.29) is 11.9 Å². The van der Waals surface area contributed by atoms with Gasteiger partial charge < -0.3 is 9.47 Å². The SMILES string of the molecule is CCn1cc(Br)cc1C(=O)N1CCCC(NS(C)(=O)=O)C1. The Morgan fingerprint density at radius 2 is 2.24 bits per heavy atom. The fourth-order valence-electron chi connectivity index (χ4n) is 2.64. The van der Waals surface area contributed by atoms with Gasteiger partial charge in [-0.25, -0.2) is 13.1 Å². The van der Waals surface area contributed by atoms with E-state index in [1.807, 2.05) is 17.7 Å². The predicted molar refractivity (Wildman–Crippen MR) is 84.7 cm³/mol. The van der Waals surface area contributed by atoms with Gasteiger partial charge in [-0.3, -0.25) is 4.79 Å². The topological polar surface area (TPSA) is 71.4 Å². The van der Waals surface area contributed by atoms with Crippen LogP contribution in [0.5, 0.6) is 0 Å². The van der Waals surface area contributed by atoms with Gasteiger partial charge in [-0.15, -0.1) is 0 Å². The van der Waals surface area contributed by atoms with Crippen molar-refractivity contribution in [3.05, 3.63) is 22.4 Å². The number of nitrogens with zero attached hydrogens (tertiary/aromatic N) is 2. The molecule has 1 aromatic rings. The zero-order chi connectivity index (χ0) is 15.6. The van der Waals surface area contributed by atoms with Crippen LogP contribution in [0.2, 0.25) is 0 Å². The maximum atomic E-state index is 12.6. The molecule has 8 heteroatoms. The summed E-state index contributed by atoms with van der Waals surface area (Å²) in [5, 5.41) is 0. The van der Waals surface area contributed by atoms with Gasteiger partial charge in [0.05, 0.1) is 6.26 Å². The average molecular weight is 378 g/mol. The van der Waals surface area contributed by atoms with Crippen LogP contribution in [0.1, 0.15) is 30.3 Å². The minimum Gasteiger partial charge on any atom is -0.343 e. The van der Waals surface area contributed by atoms with E-state index >= 15 is 0 Å². The number of sulfonamides is 1. The summed E-state index contributed by atoms with van der Waals surface area (Å²) in [5.41, 5.74) is 0.629. The zero-order valence-corrected chi connectivity index (χ0v) is 14.6. The fourth-order valence-corrected chi connectivity index (χ4v) is 3.90. The largest absolute Gasteiger partial charge is 0.343 e. The number of carbonyl (C=O) groups is 1. The molecule has 0 bridgehead atoms. The quantitative estimate of drug-likeness (QED) is 0.862. The molecule has 0 aromatic carbocycles. The normalized spacial score (nSPS) is 19.8. The third-order valence-corrected chi connectivity index (χ3v) is 4.71. The Labute approximate surface area is 133 Å². The van der Waals surface area contributed by atoms with Crippen molar-refractivity contribution < 1.29 is 13.2 Å². The van der Waals surface area contributed by atoms with Gasteiger partial charge in [0.25, 0.3) is 5.91 Å². The van der Waals surface area contributed by atoms with Crippen molar-refractivity contribution in [3.63, 3.8) is 0 Å². The van der Waals surface area contributed by atoms with Crippen LogP contribution in [0.4, 0.5) is 0 Å². The third kappa shape index (κ3) is 4.31. The van der Waals surface area contributed by atoms with E-state index in [4.69, 9.17) is 0 Å². The second-order valence-electron chi connectivity index (χ2n) is 5.31. The lowest BCUT2D eigenvalue weighted by molar-refractivity contribution is 0.0692. The van der Waals surface area contributed by atoms with Gasteiger partial charge in [0.1, 0.15) is 5.69 Å². The van der Waals surface area contributed by atoms with Crippen molar-refractivity contribution in [2.24, 2.45) is 0 Å². The second-order valence-corrected chi connectivity index (χ2v) is 8.01. The van der Waals surface area contributed by atoms with Crippen molar-refractivity contribution in [2.75, 3.05) is 19.3 Å². The smallest absolute Gasteiger partial charge is 0.270 e. The van der Waals surface area contributed by atoms with Crippen molar-refractivity contribution in [1.29, 1.82) is 0 Å². The molecule has 0 saturated carbocycles. The van der Waals surface area contributed by atoms with Crippen LogP contribution in [0, 0.1) is 0 Å². The second kappa shape index (κ2) is 6.50. The van der Waals surface area contributed by atoms with Crippen LogP contribution >= 0.6 is 15.9 Å². The number of hydrogen-bond donors (Lipinski definition) is 1. The number of aryl methyl sites for hydroxylation is 1. The van der Waals surface area contributed by atoms with Gasteiger partial charge in [0, 0.05) is 36.3 Å². The maximum Gasteiger partial charge on any atom is 0.270 e. The molecular weight excluding hydrogens is 358 g/mol. The minimum atomic E-state index is -3.25. The average Bonchev–Trinajstić information content (AvgIpc) is 2.77. The number of aromatic nitrogens is 1. The van der Waals surface area contributed by atoms with Gasteiger partial charge in [0.2, 0.25) is 10.0 Å². The highest BCUT2D eigenvalue weighted by molar-refractivity contribution is 9.10. The van der Waals surface area contributed by atoms with E-state index in [1.54, 1.807) is 11.0 Å². The van der Waals surface area contributed by atoms with Crippen LogP contribution in [-0.2, 0) is 16.6 Å². The molecule has 1 fully saturated rings. The van der Waals surface area contributed by atoms with Crippen molar-refractivity contribution in [3.8, 4) is 0 Å². The molecular formula is C13H20BrN3O3S. The minimum absolute atomic E-state index is 0.0532. The molecule has 1 unspecified atom stereocenters. The molecule has 1 aliphatic heterocycles. The lowest BCUT2D eigenvalue weighted by Gasteiger charge is -2.32. The van der Waals surface area contributed by atoms with Crippen LogP contribution in [0.3, 0.4) is 0 Å². The van der Waals surface area contributed by atoms with Crippen molar-refractivity contribution >= 4 is 31.9 Å². The van der Waals surface area contributed by atoms with E-state index in [0.29, 0.717) is 25.3 Å². The molecule has 118 valence electrons. The van der Waals surface area contributed by atoms with Crippen LogP contribution in [0.15, 0.2) is 16.7 Å². The summed E-state index contributed by atoms with van der Waals surface area (Å²) in [5.74, 6) is -0.0532. The number of piperidine rings is 1. The van der Waals surface area contributed by atoms with Gasteiger partial charge >= 0.3 is 0 Å². The molecule has 0 spiro atoms. The Bertz CT molecular complexity index is 627. The lowest BCUT2D eigenvalue weighted by Crippen LogP contribution is -2.49. The van der Waals surface area contributed by atoms with E-state index < -0.39 is 10.0 Å². The Morgan fingerprint density at radius 1 is 1.52 bits per heavy atom. The number of halogens is 1. The first kappa shape index (κ1) is 16.5. The van der Waals surface area contributed by atoms with Gasteiger partial charge in [-0.1, -0.05) is 0 Å². The summed E-state index contributed by atoms with van der Waals surface area (Å²) in [7, 11) is -3.25. The van der Waals surface area contributed by atoms with Gasteiger partial charge in [-0.05, 0) is 41.8 Å². The molecule has 0 radical (unpaired) electrons. The molecule has 2 rings (SSSR count). The monoisotopic (exact) mass is 377 g/mol. The molecule has 1 atom stereocenters. The van der Waals surface area contributed by atoms with Crippen LogP contribution in [-0.4, -0.2) is 49.2 Å². The predicted octanol–water partition coefficient (Wildman–Crippen LogP) is 1.42. The molecule has 1 N–H and O–H groups in total. The number of likely N-dealkylation sites (tertiary alicyclic amines) is 1. The Kier molecular flexibility index (Phi) is 5.11. The molecule has 21 heavy (non-hydrogen) atoms. The molecule has 0 aliphatic carbocycles. The molecule has 2 heterocycles. The Balaban J connectivity index is 2.12. The highest BCUT2D eigenvalue weighted by atomic mass is 79.9. The summed E-state index contributed by atoms with van der Waals surface area (Å²) < 4.78 is 28.0. The number of rotatable bonds is 4. The van der Waals surface area contributed by atoms with Crippen molar-refractivity contribution in [2.45, 2.75) is 32.4 Å². The molecule has 6 nitrogen and oxygen atoms in total. The first-order valence-electron chi connectivity index (χ1n) is 6.92. The highest BCUT2D eigenvalue weighted by Gasteiger charge is 2.27. The first-order valence-corrected chi connectivity index (χ1v) is 9.61. The van der Waals surface area contributed by atoms with E-state index in [9.17, 15) is 13.2 Å². The third-order valence-electron chi connectivity index (χ3n) is 3.51. The number of hydrogen-bond acceptors (Lipinski definition) is 3. The first-order chi connectivity index (χ1) is 9.80. The van der Waals surface area contributed by atoms with E-state index in [1.165, 1.54) is 0 Å². The summed E-state index contributed by atoms with van der Waals surface area (Å²) in [6, 6.07) is 1.60. The number of amides is 1. The zero-order valence-electron chi connectivity index (χ0n) is 12.2. The Hall–Kier alpha value is -0.860. The van der Waals surface area contributed by atoms with Gasteiger partial charge in [-0.2, -0.15) is 0 Å². The van der Waals surface area contributed by atoms with Crippen LogP contribution < -0.4 is 4.72 Å². The summed E-state index contributed by atoms with van der Waals surface area (Å²) in [6.07, 6.45) is 4.58. The van der Waals surface area contributed by atoms with Gasteiger partial charge in [0.15, 0.2) is 0 Å². The summed E-state index contributed by atoms with van der Waals surface area (Å²) in [4.78, 5) is 14.3. The van der Waals surface area contributed by atoms with E-state index in [0.717, 1.165) is 23.6 Å². The van der Waals surface area contributed by atoms with Crippen molar-refractivity contribution in [1.82, 2.24) is 14.2 Å². The van der Waals surface area contributed by atoms with E-state index in [2.05, 4.69) is 20.7 Å². The molecule has 1 aliphatic rings. The molecule has 1 amide bonds. The standard InChI is InChI=1S/C13H20BrN3O3S/c1-3-16-8-10(14)7-12(16)13(18)17-6-4-5-11(9-17)15-21(2,19)20/h7-8,11,15H,3-6,9H2,1-2H3. The summed E-state index contributed by atoms with van der Waals surface area (Å²) in [6.45, 7) is 3.77. The Morgan fingerprint density at radius 3 is 2.86 bits per heavy atom. The lowest BCUT2D eigenvalue weighted by atomic mass is 10.1. The van der Waals surface area contributed by atoms with Crippen LogP contribution in [0.25, 0.3) is 0 Å². The fraction of sp³-hybridized carbons (Fsp3) is 0.615. The number of nitrogens with one attached hydrogen (secondary N) is 1. The number of carbonyl (C=O) groups excluding carboxylic acids is 1. The molecule has 1 saturated heterocycles. The summed E-state index contributed by atoms with van der Waals surface area (Å²) >= 11 is 3.38.